The Bertz CT molecular complexity index is 840. The van der Waals surface area contributed by atoms with E-state index in [1.807, 2.05) is 20.8 Å². The number of nitrogens with two attached hydrogens (primary N) is 1. The minimum atomic E-state index is -0.571. The second-order valence-electron chi connectivity index (χ2n) is 7.11. The molecule has 9 nitrogen and oxygen atoms in total. The number of hydrogen-bond donors (Lipinski definition) is 1. The van der Waals surface area contributed by atoms with Crippen molar-refractivity contribution in [3.8, 4) is 0 Å². The summed E-state index contributed by atoms with van der Waals surface area (Å²) in [6, 6.07) is 3.44. The summed E-state index contributed by atoms with van der Waals surface area (Å²) in [7, 11) is 0. The van der Waals surface area contributed by atoms with Crippen LogP contribution in [0.5, 0.6) is 0 Å². The largest absolute Gasteiger partial charge is 0.444 e. The van der Waals surface area contributed by atoms with Crippen LogP contribution in [-0.4, -0.2) is 63.9 Å². The van der Waals surface area contributed by atoms with Crippen LogP contribution < -0.4 is 10.6 Å². The predicted molar refractivity (Wildman–Crippen MR) is 95.9 cm³/mol. The number of anilines is 1. The Morgan fingerprint density at radius 3 is 2.42 bits per heavy atom. The molecule has 1 saturated heterocycles. The number of carbonyl (C=O) groups is 2. The number of amides is 2. The summed E-state index contributed by atoms with van der Waals surface area (Å²) in [6.45, 7) is 7.85. The Hall–Kier alpha value is -2.97. The van der Waals surface area contributed by atoms with Crippen LogP contribution in [0.3, 0.4) is 0 Å². The van der Waals surface area contributed by atoms with Crippen LogP contribution in [0, 0.1) is 0 Å². The summed E-state index contributed by atoms with van der Waals surface area (Å²) in [5, 5.41) is 7.77. The Kier molecular flexibility index (Phi) is 4.62. The van der Waals surface area contributed by atoms with Crippen molar-refractivity contribution >= 4 is 28.7 Å². The summed E-state index contributed by atoms with van der Waals surface area (Å²) in [5.41, 5.74) is 6.97. The molecule has 26 heavy (non-hydrogen) atoms. The zero-order chi connectivity index (χ0) is 18.9. The molecule has 0 unspecified atom stereocenters. The first-order chi connectivity index (χ1) is 12.3. The predicted octanol–water partition coefficient (Wildman–Crippen LogP) is 1.18. The molecule has 3 rings (SSSR count). The molecule has 1 aliphatic rings. The number of hydrogen-bond acceptors (Lipinski definition) is 7. The number of aromatic nitrogens is 3. The van der Waals surface area contributed by atoms with Crippen molar-refractivity contribution in [1.82, 2.24) is 20.1 Å². The van der Waals surface area contributed by atoms with Gasteiger partial charge in [0.15, 0.2) is 0 Å². The first-order valence-corrected chi connectivity index (χ1v) is 8.39. The van der Waals surface area contributed by atoms with E-state index in [1.165, 1.54) is 6.33 Å². The maximum Gasteiger partial charge on any atom is 0.410 e. The van der Waals surface area contributed by atoms with E-state index in [0.29, 0.717) is 37.2 Å². The minimum absolute atomic E-state index is 0.289. The van der Waals surface area contributed by atoms with Gasteiger partial charge in [-0.25, -0.2) is 9.78 Å². The van der Waals surface area contributed by atoms with Gasteiger partial charge in [-0.2, -0.15) is 0 Å². The van der Waals surface area contributed by atoms with Crippen molar-refractivity contribution in [2.24, 2.45) is 5.73 Å². The molecule has 0 atom stereocenters. The number of primary amides is 1. The molecular weight excluding hydrogens is 336 g/mol. The summed E-state index contributed by atoms with van der Waals surface area (Å²) in [5.74, 6) is -0.571. The number of ether oxygens (including phenoxy) is 1. The lowest BCUT2D eigenvalue weighted by Gasteiger charge is -2.37. The maximum absolute atomic E-state index is 12.2. The van der Waals surface area contributed by atoms with Gasteiger partial charge in [-0.15, -0.1) is 10.2 Å². The highest BCUT2D eigenvalue weighted by molar-refractivity contribution is 6.06. The lowest BCUT2D eigenvalue weighted by molar-refractivity contribution is 0.0240. The Morgan fingerprint density at radius 1 is 1.12 bits per heavy atom. The topological polar surface area (TPSA) is 115 Å². The highest BCUT2D eigenvalue weighted by atomic mass is 16.6. The molecule has 138 valence electrons. The smallest absolute Gasteiger partial charge is 0.410 e. The normalized spacial score (nSPS) is 15.2. The fourth-order valence-corrected chi connectivity index (χ4v) is 2.88. The van der Waals surface area contributed by atoms with Crippen LogP contribution >= 0.6 is 0 Å². The van der Waals surface area contributed by atoms with Crippen molar-refractivity contribution in [2.75, 3.05) is 31.1 Å². The van der Waals surface area contributed by atoms with Crippen molar-refractivity contribution < 1.29 is 14.3 Å². The SMILES string of the molecule is CC(C)(C)OC(=O)N1CCN(c2ccc(C(N)=O)c3nncnc23)CC1. The Morgan fingerprint density at radius 2 is 1.81 bits per heavy atom. The fourth-order valence-electron chi connectivity index (χ4n) is 2.88. The van der Waals surface area contributed by atoms with Gasteiger partial charge in [-0.1, -0.05) is 0 Å². The number of carbonyl (C=O) groups excluding carboxylic acids is 2. The Labute approximate surface area is 151 Å². The number of fused-ring (bicyclic) bond motifs is 1. The number of benzene rings is 1. The second-order valence-corrected chi connectivity index (χ2v) is 7.11. The van der Waals surface area contributed by atoms with Crippen molar-refractivity contribution in [2.45, 2.75) is 26.4 Å². The molecular formula is C17H22N6O3. The van der Waals surface area contributed by atoms with Gasteiger partial charge in [0.05, 0.1) is 11.3 Å². The molecule has 0 aliphatic carbocycles. The molecule has 0 bridgehead atoms. The monoisotopic (exact) mass is 358 g/mol. The van der Waals surface area contributed by atoms with E-state index in [1.54, 1.807) is 17.0 Å². The van der Waals surface area contributed by atoms with Crippen LogP contribution in [0.1, 0.15) is 31.1 Å². The average Bonchev–Trinajstić information content (AvgIpc) is 2.59. The zero-order valence-corrected chi connectivity index (χ0v) is 15.1. The molecule has 1 aromatic heterocycles. The van der Waals surface area contributed by atoms with Crippen LogP contribution in [0.2, 0.25) is 0 Å². The number of nitrogens with zero attached hydrogens (tertiary/aromatic N) is 5. The molecule has 1 fully saturated rings. The Balaban J connectivity index is 1.79. The van der Waals surface area contributed by atoms with E-state index in [2.05, 4.69) is 20.1 Å². The highest BCUT2D eigenvalue weighted by Crippen LogP contribution is 2.27. The van der Waals surface area contributed by atoms with Crippen molar-refractivity contribution in [1.29, 1.82) is 0 Å². The van der Waals surface area contributed by atoms with Gasteiger partial charge in [-0.05, 0) is 32.9 Å². The zero-order valence-electron chi connectivity index (χ0n) is 15.1. The van der Waals surface area contributed by atoms with Gasteiger partial charge >= 0.3 is 6.09 Å². The first-order valence-electron chi connectivity index (χ1n) is 8.39. The van der Waals surface area contributed by atoms with E-state index >= 15 is 0 Å². The van der Waals surface area contributed by atoms with Gasteiger partial charge in [0.25, 0.3) is 5.91 Å². The molecule has 2 N–H and O–H groups in total. The van der Waals surface area contributed by atoms with Crippen LogP contribution in [0.25, 0.3) is 11.0 Å². The summed E-state index contributed by atoms with van der Waals surface area (Å²) in [6.07, 6.45) is 1.03. The summed E-state index contributed by atoms with van der Waals surface area (Å²) < 4.78 is 5.42. The number of piperazine rings is 1. The van der Waals surface area contributed by atoms with Gasteiger partial charge in [0.2, 0.25) is 0 Å². The van der Waals surface area contributed by atoms with E-state index in [4.69, 9.17) is 10.5 Å². The molecule has 2 amide bonds. The molecule has 2 aromatic rings. The van der Waals surface area contributed by atoms with Gasteiger partial charge in [0.1, 0.15) is 23.0 Å². The fraction of sp³-hybridized carbons (Fsp3) is 0.471. The van der Waals surface area contributed by atoms with Crippen molar-refractivity contribution in [3.05, 3.63) is 24.0 Å². The lowest BCUT2D eigenvalue weighted by atomic mass is 10.1. The van der Waals surface area contributed by atoms with Gasteiger partial charge < -0.3 is 20.3 Å². The van der Waals surface area contributed by atoms with Gasteiger partial charge in [0, 0.05) is 26.2 Å². The summed E-state index contributed by atoms with van der Waals surface area (Å²) >= 11 is 0. The van der Waals surface area contributed by atoms with E-state index in [-0.39, 0.29) is 11.7 Å². The summed E-state index contributed by atoms with van der Waals surface area (Å²) in [4.78, 5) is 31.8. The van der Waals surface area contributed by atoms with Gasteiger partial charge in [-0.3, -0.25) is 4.79 Å². The molecule has 1 aliphatic heterocycles. The van der Waals surface area contributed by atoms with E-state index < -0.39 is 11.5 Å². The third-order valence-corrected chi connectivity index (χ3v) is 4.06. The minimum Gasteiger partial charge on any atom is -0.444 e. The van der Waals surface area contributed by atoms with E-state index in [0.717, 1.165) is 5.69 Å². The third-order valence-electron chi connectivity index (χ3n) is 4.06. The maximum atomic E-state index is 12.2. The number of rotatable bonds is 2. The first kappa shape index (κ1) is 17.8. The molecule has 9 heteroatoms. The standard InChI is InChI=1S/C17H22N6O3/c1-17(2,3)26-16(25)23-8-6-22(7-9-23)12-5-4-11(15(18)24)13-14(12)19-10-20-21-13/h4-5,10H,6-9H2,1-3H3,(H2,18,24). The molecule has 1 aromatic carbocycles. The molecule has 0 radical (unpaired) electrons. The second kappa shape index (κ2) is 6.74. The molecule has 0 spiro atoms. The van der Waals surface area contributed by atoms with Crippen LogP contribution in [0.4, 0.5) is 10.5 Å². The molecule has 0 saturated carbocycles. The highest BCUT2D eigenvalue weighted by Gasteiger charge is 2.27. The van der Waals surface area contributed by atoms with Crippen molar-refractivity contribution in [3.63, 3.8) is 0 Å². The lowest BCUT2D eigenvalue weighted by Crippen LogP contribution is -2.50. The van der Waals surface area contributed by atoms with Crippen LogP contribution in [0.15, 0.2) is 18.5 Å². The third kappa shape index (κ3) is 3.66. The average molecular weight is 358 g/mol. The molecule has 2 heterocycles. The quantitative estimate of drug-likeness (QED) is 0.857. The van der Waals surface area contributed by atoms with E-state index in [9.17, 15) is 9.59 Å². The van der Waals surface area contributed by atoms with Crippen LogP contribution in [-0.2, 0) is 4.74 Å².